The van der Waals surface area contributed by atoms with Crippen molar-refractivity contribution in [3.8, 4) is 0 Å². The van der Waals surface area contributed by atoms with E-state index in [4.69, 9.17) is 5.73 Å². The Kier molecular flexibility index (Phi) is 5.12. The van der Waals surface area contributed by atoms with E-state index < -0.39 is 5.91 Å². The number of aromatic nitrogens is 1. The lowest BCUT2D eigenvalue weighted by molar-refractivity contribution is 0.0689. The van der Waals surface area contributed by atoms with Gasteiger partial charge in [-0.2, -0.15) is 0 Å². The average Bonchev–Trinajstić information content (AvgIpc) is 2.63. The van der Waals surface area contributed by atoms with Gasteiger partial charge in [0.2, 0.25) is 5.91 Å². The maximum atomic E-state index is 12.6. The highest BCUT2D eigenvalue weighted by Crippen LogP contribution is 2.23. The quantitative estimate of drug-likeness (QED) is 0.931. The molecule has 2 N–H and O–H groups in total. The van der Waals surface area contributed by atoms with Crippen LogP contribution in [0.4, 0.5) is 0 Å². The average molecular weight is 337 g/mol. The van der Waals surface area contributed by atoms with E-state index in [1.165, 1.54) is 5.56 Å². The molecule has 2 heterocycles. The monoisotopic (exact) mass is 337 g/mol. The van der Waals surface area contributed by atoms with Gasteiger partial charge in [0.05, 0.1) is 5.56 Å². The second kappa shape index (κ2) is 7.47. The van der Waals surface area contributed by atoms with Gasteiger partial charge in [0.25, 0.3) is 5.91 Å². The van der Waals surface area contributed by atoms with Crippen molar-refractivity contribution in [3.63, 3.8) is 0 Å². The zero-order valence-electron chi connectivity index (χ0n) is 14.4. The molecule has 0 radical (unpaired) electrons. The smallest absolute Gasteiger partial charge is 0.255 e. The first-order chi connectivity index (χ1) is 12.0. The van der Waals surface area contributed by atoms with Gasteiger partial charge in [-0.3, -0.25) is 14.6 Å². The summed E-state index contributed by atoms with van der Waals surface area (Å²) >= 11 is 0. The highest BCUT2D eigenvalue weighted by molar-refractivity contribution is 5.95. The normalized spacial score (nSPS) is 15.2. The Morgan fingerprint density at radius 1 is 1.16 bits per heavy atom. The first kappa shape index (κ1) is 17.1. The Balaban J connectivity index is 1.56. The summed E-state index contributed by atoms with van der Waals surface area (Å²) in [6.07, 6.45) is 4.65. The van der Waals surface area contributed by atoms with Crippen molar-refractivity contribution in [2.45, 2.75) is 26.2 Å². The number of likely N-dealkylation sites (tertiary alicyclic amines) is 1. The van der Waals surface area contributed by atoms with E-state index in [9.17, 15) is 9.59 Å². The van der Waals surface area contributed by atoms with E-state index in [-0.39, 0.29) is 5.91 Å². The maximum Gasteiger partial charge on any atom is 0.255 e. The number of carbonyl (C=O) groups is 2. The Bertz CT molecular complexity index is 763. The molecule has 3 rings (SSSR count). The van der Waals surface area contributed by atoms with E-state index in [1.807, 2.05) is 36.1 Å². The van der Waals surface area contributed by atoms with Crippen LogP contribution in [0.2, 0.25) is 0 Å². The Labute approximate surface area is 147 Å². The summed E-state index contributed by atoms with van der Waals surface area (Å²) in [5, 5.41) is 0. The molecule has 1 saturated heterocycles. The number of hydrogen-bond acceptors (Lipinski definition) is 3. The minimum absolute atomic E-state index is 0.0786. The third kappa shape index (κ3) is 4.05. The highest BCUT2D eigenvalue weighted by Gasteiger charge is 2.24. The van der Waals surface area contributed by atoms with Crippen LogP contribution in [0, 0.1) is 12.8 Å². The van der Waals surface area contributed by atoms with Crippen LogP contribution in [0.5, 0.6) is 0 Å². The first-order valence-electron chi connectivity index (χ1n) is 8.64. The number of primary amides is 1. The van der Waals surface area contributed by atoms with Crippen LogP contribution in [0.25, 0.3) is 0 Å². The van der Waals surface area contributed by atoms with Gasteiger partial charge in [-0.05, 0) is 61.9 Å². The molecule has 1 fully saturated rings. The van der Waals surface area contributed by atoms with Gasteiger partial charge < -0.3 is 10.6 Å². The minimum Gasteiger partial charge on any atom is -0.366 e. The highest BCUT2D eigenvalue weighted by atomic mass is 16.2. The molecule has 2 amide bonds. The molecular weight excluding hydrogens is 314 g/mol. The molecule has 1 aliphatic heterocycles. The summed E-state index contributed by atoms with van der Waals surface area (Å²) in [5.74, 6) is 0.234. The van der Waals surface area contributed by atoms with Crippen molar-refractivity contribution >= 4 is 11.8 Å². The number of aryl methyl sites for hydroxylation is 1. The van der Waals surface area contributed by atoms with Crippen LogP contribution >= 0.6 is 0 Å². The predicted molar refractivity (Wildman–Crippen MR) is 96.3 cm³/mol. The van der Waals surface area contributed by atoms with Crippen LogP contribution in [0.3, 0.4) is 0 Å². The van der Waals surface area contributed by atoms with E-state index in [2.05, 4.69) is 4.98 Å². The molecule has 1 aliphatic rings. The molecular formula is C20H23N3O2. The fourth-order valence-electron chi connectivity index (χ4n) is 3.36. The van der Waals surface area contributed by atoms with E-state index in [0.29, 0.717) is 17.0 Å². The predicted octanol–water partition coefficient (Wildman–Crippen LogP) is 2.58. The number of rotatable bonds is 4. The summed E-state index contributed by atoms with van der Waals surface area (Å²) in [5.41, 5.74) is 8.49. The fourth-order valence-corrected chi connectivity index (χ4v) is 3.36. The van der Waals surface area contributed by atoms with Crippen LogP contribution in [-0.4, -0.2) is 34.8 Å². The number of hydrogen-bond donors (Lipinski definition) is 1. The molecule has 0 saturated carbocycles. The number of nitrogens with zero attached hydrogens (tertiary/aromatic N) is 2. The zero-order valence-corrected chi connectivity index (χ0v) is 14.4. The van der Waals surface area contributed by atoms with E-state index in [1.54, 1.807) is 18.3 Å². The molecule has 0 unspecified atom stereocenters. The zero-order chi connectivity index (χ0) is 17.8. The molecule has 0 spiro atoms. The summed E-state index contributed by atoms with van der Waals surface area (Å²) in [4.78, 5) is 29.9. The van der Waals surface area contributed by atoms with E-state index >= 15 is 0 Å². The lowest BCUT2D eigenvalue weighted by Gasteiger charge is -2.32. The van der Waals surface area contributed by atoms with Crippen molar-refractivity contribution in [1.82, 2.24) is 9.88 Å². The maximum absolute atomic E-state index is 12.6. The van der Waals surface area contributed by atoms with Gasteiger partial charge in [-0.25, -0.2) is 0 Å². The summed E-state index contributed by atoms with van der Waals surface area (Å²) in [6.45, 7) is 3.42. The molecule has 2 aromatic rings. The van der Waals surface area contributed by atoms with Gasteiger partial charge >= 0.3 is 0 Å². The van der Waals surface area contributed by atoms with Crippen LogP contribution < -0.4 is 5.73 Å². The fraction of sp³-hybridized carbons (Fsp3) is 0.350. The van der Waals surface area contributed by atoms with Gasteiger partial charge in [0.15, 0.2) is 0 Å². The minimum atomic E-state index is -0.399. The molecule has 0 aliphatic carbocycles. The lowest BCUT2D eigenvalue weighted by atomic mass is 9.89. The topological polar surface area (TPSA) is 76.3 Å². The van der Waals surface area contributed by atoms with Crippen molar-refractivity contribution in [1.29, 1.82) is 0 Å². The third-order valence-corrected chi connectivity index (χ3v) is 4.90. The number of piperidine rings is 1. The third-order valence-electron chi connectivity index (χ3n) is 4.90. The van der Waals surface area contributed by atoms with E-state index in [0.717, 1.165) is 38.0 Å². The Morgan fingerprint density at radius 2 is 1.84 bits per heavy atom. The number of amides is 2. The van der Waals surface area contributed by atoms with Crippen molar-refractivity contribution in [2.75, 3.05) is 13.1 Å². The van der Waals surface area contributed by atoms with Crippen molar-refractivity contribution in [3.05, 3.63) is 65.0 Å². The summed E-state index contributed by atoms with van der Waals surface area (Å²) < 4.78 is 0. The van der Waals surface area contributed by atoms with Gasteiger partial charge in [-0.1, -0.05) is 12.1 Å². The van der Waals surface area contributed by atoms with Gasteiger partial charge in [-0.15, -0.1) is 0 Å². The van der Waals surface area contributed by atoms with Crippen LogP contribution in [0.15, 0.2) is 42.6 Å². The molecule has 5 nitrogen and oxygen atoms in total. The van der Waals surface area contributed by atoms with Gasteiger partial charge in [0.1, 0.15) is 0 Å². The second-order valence-corrected chi connectivity index (χ2v) is 6.64. The van der Waals surface area contributed by atoms with Crippen molar-refractivity contribution < 1.29 is 9.59 Å². The van der Waals surface area contributed by atoms with Gasteiger partial charge in [0, 0.05) is 30.5 Å². The summed E-state index contributed by atoms with van der Waals surface area (Å²) in [6, 6.07) is 11.1. The number of pyridine rings is 1. The van der Waals surface area contributed by atoms with Crippen LogP contribution in [-0.2, 0) is 6.42 Å². The molecule has 130 valence electrons. The standard InChI is InChI=1S/C20H23N3O2/c1-14-18(3-2-10-22-14)20(25)23-11-8-16(9-12-23)13-15-4-6-17(7-5-15)19(21)24/h2-7,10,16H,8-9,11-13H2,1H3,(H2,21,24). The molecule has 1 aromatic heterocycles. The Morgan fingerprint density at radius 3 is 2.44 bits per heavy atom. The lowest BCUT2D eigenvalue weighted by Crippen LogP contribution is -2.39. The number of nitrogens with two attached hydrogens (primary N) is 1. The summed E-state index contributed by atoms with van der Waals surface area (Å²) in [7, 11) is 0. The first-order valence-corrected chi connectivity index (χ1v) is 8.64. The van der Waals surface area contributed by atoms with Crippen LogP contribution in [0.1, 0.15) is 44.8 Å². The molecule has 1 aromatic carbocycles. The number of carbonyl (C=O) groups excluding carboxylic acids is 2. The Hall–Kier alpha value is -2.69. The molecule has 0 bridgehead atoms. The second-order valence-electron chi connectivity index (χ2n) is 6.64. The SMILES string of the molecule is Cc1ncccc1C(=O)N1CCC(Cc2ccc(C(N)=O)cc2)CC1. The largest absolute Gasteiger partial charge is 0.366 e. The van der Waals surface area contributed by atoms with Crippen molar-refractivity contribution in [2.24, 2.45) is 11.7 Å². The molecule has 5 heteroatoms. The number of benzene rings is 1. The molecule has 25 heavy (non-hydrogen) atoms. The molecule has 0 atom stereocenters.